The fourth-order valence-electron chi connectivity index (χ4n) is 3.74. The lowest BCUT2D eigenvalue weighted by molar-refractivity contribution is 0.00578. The van der Waals surface area contributed by atoms with Crippen molar-refractivity contribution in [3.63, 3.8) is 0 Å². The van der Waals surface area contributed by atoms with E-state index in [2.05, 4.69) is 82.7 Å². The van der Waals surface area contributed by atoms with E-state index in [1.807, 2.05) is 0 Å². The van der Waals surface area contributed by atoms with E-state index < -0.39 is 10.0 Å². The zero-order valence-electron chi connectivity index (χ0n) is 15.3. The molecule has 0 N–H and O–H groups in total. The van der Waals surface area contributed by atoms with Crippen LogP contribution in [0.15, 0.2) is 52.3 Å². The maximum absolute atomic E-state index is 6.36. The van der Waals surface area contributed by atoms with Crippen LogP contribution in [0.3, 0.4) is 0 Å². The van der Waals surface area contributed by atoms with Gasteiger partial charge in [-0.15, -0.1) is 0 Å². The Kier molecular flexibility index (Phi) is 3.32. The maximum Gasteiger partial charge on any atom is 0.495 e. The van der Waals surface area contributed by atoms with Gasteiger partial charge in [0.05, 0.1) is 11.2 Å². The van der Waals surface area contributed by atoms with E-state index in [0.29, 0.717) is 0 Å². The SMILES string of the molecule is CC1(C)OB(c2cccc3c2S(C)(C)c2ccccc2-3)OC1(C)C. The average Bonchev–Trinajstić information content (AvgIpc) is 2.88. The van der Waals surface area contributed by atoms with Crippen LogP contribution in [0.25, 0.3) is 11.1 Å². The van der Waals surface area contributed by atoms with Gasteiger partial charge in [0.15, 0.2) is 0 Å². The predicted octanol–water partition coefficient (Wildman–Crippen LogP) is 4.45. The van der Waals surface area contributed by atoms with Crippen molar-refractivity contribution in [1.82, 2.24) is 0 Å². The molecule has 0 atom stereocenters. The summed E-state index contributed by atoms with van der Waals surface area (Å²) in [7, 11) is -1.37. The van der Waals surface area contributed by atoms with Gasteiger partial charge < -0.3 is 9.31 Å². The van der Waals surface area contributed by atoms with Crippen molar-refractivity contribution >= 4 is 22.6 Å². The van der Waals surface area contributed by atoms with E-state index in [1.54, 1.807) is 0 Å². The fourth-order valence-corrected chi connectivity index (χ4v) is 6.58. The summed E-state index contributed by atoms with van der Waals surface area (Å²) in [5.41, 5.74) is 3.28. The third-order valence-corrected chi connectivity index (χ3v) is 8.72. The number of hydrogen-bond acceptors (Lipinski definition) is 2. The van der Waals surface area contributed by atoms with Gasteiger partial charge in [-0.1, -0.05) is 36.4 Å². The summed E-state index contributed by atoms with van der Waals surface area (Å²) in [4.78, 5) is 2.88. The van der Waals surface area contributed by atoms with Crippen LogP contribution in [-0.4, -0.2) is 30.8 Å². The lowest BCUT2D eigenvalue weighted by atomic mass is 9.78. The Morgan fingerprint density at radius 1 is 0.792 bits per heavy atom. The molecule has 4 heteroatoms. The van der Waals surface area contributed by atoms with Gasteiger partial charge in [0, 0.05) is 9.79 Å². The summed E-state index contributed by atoms with van der Waals surface area (Å²) in [6, 6.07) is 15.4. The molecule has 0 bridgehead atoms. The minimum absolute atomic E-state index is 0.300. The van der Waals surface area contributed by atoms with E-state index in [1.165, 1.54) is 26.4 Å². The lowest BCUT2D eigenvalue weighted by Crippen LogP contribution is -2.41. The Hall–Kier alpha value is -1.23. The van der Waals surface area contributed by atoms with E-state index in [-0.39, 0.29) is 18.3 Å². The molecule has 2 aromatic carbocycles. The van der Waals surface area contributed by atoms with Crippen LogP contribution >= 0.6 is 10.0 Å². The number of benzene rings is 2. The van der Waals surface area contributed by atoms with E-state index >= 15 is 0 Å². The molecule has 1 fully saturated rings. The lowest BCUT2D eigenvalue weighted by Gasteiger charge is -2.32. The van der Waals surface area contributed by atoms with Crippen LogP contribution in [0, 0.1) is 0 Å². The zero-order chi connectivity index (χ0) is 17.3. The van der Waals surface area contributed by atoms with Crippen LogP contribution < -0.4 is 5.46 Å². The quantitative estimate of drug-likeness (QED) is 0.714. The van der Waals surface area contributed by atoms with Gasteiger partial charge in [-0.25, -0.2) is 0 Å². The highest BCUT2D eigenvalue weighted by molar-refractivity contribution is 8.33. The van der Waals surface area contributed by atoms with Crippen molar-refractivity contribution in [1.29, 1.82) is 0 Å². The first-order chi connectivity index (χ1) is 11.2. The van der Waals surface area contributed by atoms with Gasteiger partial charge >= 0.3 is 7.12 Å². The summed E-state index contributed by atoms with van der Waals surface area (Å²) in [5, 5.41) is 0. The Labute approximate surface area is 147 Å². The highest BCUT2D eigenvalue weighted by Gasteiger charge is 2.53. The van der Waals surface area contributed by atoms with E-state index in [0.717, 1.165) is 0 Å². The fraction of sp³-hybridized carbons (Fsp3) is 0.400. The topological polar surface area (TPSA) is 18.5 Å². The molecule has 0 aromatic heterocycles. The monoisotopic (exact) mass is 340 g/mol. The van der Waals surface area contributed by atoms with Gasteiger partial charge in [0.1, 0.15) is 0 Å². The van der Waals surface area contributed by atoms with Gasteiger partial charge in [0.2, 0.25) is 0 Å². The Balaban J connectivity index is 1.89. The molecule has 2 nitrogen and oxygen atoms in total. The average molecular weight is 340 g/mol. The molecule has 24 heavy (non-hydrogen) atoms. The smallest absolute Gasteiger partial charge is 0.399 e. The standard InChI is InChI=1S/C20H25BO2S/c1-19(2)20(3,4)23-21(22-19)16-12-9-11-15-14-10-7-8-13-17(14)24(5,6)18(15)16/h7-13H,1-6H3. The van der Waals surface area contributed by atoms with E-state index in [4.69, 9.17) is 9.31 Å². The van der Waals surface area contributed by atoms with Crippen molar-refractivity contribution in [2.75, 3.05) is 12.5 Å². The van der Waals surface area contributed by atoms with Crippen LogP contribution in [0.2, 0.25) is 0 Å². The molecule has 0 saturated carbocycles. The predicted molar refractivity (Wildman–Crippen MR) is 104 cm³/mol. The summed E-state index contributed by atoms with van der Waals surface area (Å²) >= 11 is 0. The van der Waals surface area contributed by atoms with Gasteiger partial charge in [-0.2, -0.15) is 10.0 Å². The molecule has 0 aliphatic carbocycles. The summed E-state index contributed by atoms with van der Waals surface area (Å²) in [6.45, 7) is 8.46. The van der Waals surface area contributed by atoms with Gasteiger partial charge in [-0.05, 0) is 62.9 Å². The molecule has 126 valence electrons. The normalized spacial score (nSPS) is 23.7. The van der Waals surface area contributed by atoms with Crippen LogP contribution in [0.5, 0.6) is 0 Å². The molecule has 0 spiro atoms. The van der Waals surface area contributed by atoms with Crippen molar-refractivity contribution in [3.8, 4) is 11.1 Å². The second kappa shape index (κ2) is 4.90. The van der Waals surface area contributed by atoms with Crippen LogP contribution in [-0.2, 0) is 9.31 Å². The minimum atomic E-state index is -1.07. The highest BCUT2D eigenvalue weighted by atomic mass is 32.3. The Morgan fingerprint density at radius 3 is 2.04 bits per heavy atom. The Morgan fingerprint density at radius 2 is 1.38 bits per heavy atom. The van der Waals surface area contributed by atoms with Crippen molar-refractivity contribution in [2.24, 2.45) is 0 Å². The Bertz CT molecular complexity index is 810. The maximum atomic E-state index is 6.36. The number of rotatable bonds is 1. The molecule has 2 aromatic rings. The van der Waals surface area contributed by atoms with Crippen LogP contribution in [0.1, 0.15) is 27.7 Å². The first-order valence-corrected chi connectivity index (χ1v) is 10.9. The minimum Gasteiger partial charge on any atom is -0.399 e. The molecule has 1 saturated heterocycles. The summed E-state index contributed by atoms with van der Waals surface area (Å²) in [6.07, 6.45) is 4.76. The molecule has 0 radical (unpaired) electrons. The first kappa shape index (κ1) is 16.3. The second-order valence-electron chi connectivity index (χ2n) is 8.14. The summed E-state index contributed by atoms with van der Waals surface area (Å²) in [5.74, 6) is 0. The molecule has 4 rings (SSSR count). The van der Waals surface area contributed by atoms with Crippen molar-refractivity contribution in [3.05, 3.63) is 42.5 Å². The third-order valence-electron chi connectivity index (χ3n) is 5.79. The molecular weight excluding hydrogens is 315 g/mol. The zero-order valence-corrected chi connectivity index (χ0v) is 16.2. The highest BCUT2D eigenvalue weighted by Crippen LogP contribution is 2.66. The van der Waals surface area contributed by atoms with Gasteiger partial charge in [-0.3, -0.25) is 0 Å². The van der Waals surface area contributed by atoms with Crippen molar-refractivity contribution in [2.45, 2.75) is 48.7 Å². The van der Waals surface area contributed by atoms with Crippen molar-refractivity contribution < 1.29 is 9.31 Å². The molecule has 0 amide bonds. The third kappa shape index (κ3) is 2.06. The summed E-state index contributed by atoms with van der Waals surface area (Å²) < 4.78 is 12.7. The first-order valence-electron chi connectivity index (χ1n) is 8.46. The molecule has 2 heterocycles. The number of hydrogen-bond donors (Lipinski definition) is 0. The molecular formula is C20H25BO2S. The van der Waals surface area contributed by atoms with E-state index in [9.17, 15) is 0 Å². The van der Waals surface area contributed by atoms with Gasteiger partial charge in [0.25, 0.3) is 0 Å². The number of fused-ring (bicyclic) bond motifs is 3. The molecule has 2 aliphatic rings. The second-order valence-corrected chi connectivity index (χ2v) is 11.6. The largest absolute Gasteiger partial charge is 0.495 e. The molecule has 2 aliphatic heterocycles. The van der Waals surface area contributed by atoms with Crippen LogP contribution in [0.4, 0.5) is 0 Å². The molecule has 0 unspecified atom stereocenters.